The second-order valence-electron chi connectivity index (χ2n) is 2.55. The standard InChI is InChI=1S/C7H10N2S/c1-6-4-8-9-2-3-10-5-7(6)9/h4H,2-3,5H2,1H3. The molecule has 0 aliphatic carbocycles. The van der Waals surface area contributed by atoms with Gasteiger partial charge in [0.05, 0.1) is 18.4 Å². The highest BCUT2D eigenvalue weighted by Gasteiger charge is 2.10. The number of thioether (sulfide) groups is 1. The van der Waals surface area contributed by atoms with E-state index in [9.17, 15) is 0 Å². The summed E-state index contributed by atoms with van der Waals surface area (Å²) in [5.41, 5.74) is 2.75. The molecule has 54 valence electrons. The van der Waals surface area contributed by atoms with Gasteiger partial charge in [-0.15, -0.1) is 0 Å². The fourth-order valence-electron chi connectivity index (χ4n) is 1.20. The lowest BCUT2D eigenvalue weighted by Crippen LogP contribution is -2.11. The van der Waals surface area contributed by atoms with Gasteiger partial charge in [0, 0.05) is 11.5 Å². The van der Waals surface area contributed by atoms with E-state index < -0.39 is 0 Å². The fourth-order valence-corrected chi connectivity index (χ4v) is 2.22. The molecular weight excluding hydrogens is 144 g/mol. The maximum absolute atomic E-state index is 4.26. The first-order valence-corrected chi connectivity index (χ1v) is 4.62. The minimum atomic E-state index is 1.09. The molecule has 1 aromatic rings. The van der Waals surface area contributed by atoms with Crippen molar-refractivity contribution >= 4 is 11.8 Å². The van der Waals surface area contributed by atoms with Crippen LogP contribution in [0.2, 0.25) is 0 Å². The Kier molecular flexibility index (Phi) is 1.45. The van der Waals surface area contributed by atoms with E-state index in [1.165, 1.54) is 17.0 Å². The molecule has 1 aliphatic rings. The molecule has 1 aromatic heterocycles. The largest absolute Gasteiger partial charge is 0.268 e. The molecule has 2 heterocycles. The molecule has 2 rings (SSSR count). The lowest BCUT2D eigenvalue weighted by atomic mass is 10.3. The van der Waals surface area contributed by atoms with Gasteiger partial charge in [-0.25, -0.2) is 0 Å². The van der Waals surface area contributed by atoms with Crippen LogP contribution in [-0.4, -0.2) is 15.5 Å². The van der Waals surface area contributed by atoms with E-state index in [4.69, 9.17) is 0 Å². The number of hydrogen-bond acceptors (Lipinski definition) is 2. The van der Waals surface area contributed by atoms with Crippen molar-refractivity contribution in [2.24, 2.45) is 0 Å². The Labute approximate surface area is 64.6 Å². The Hall–Kier alpha value is -0.440. The van der Waals surface area contributed by atoms with Gasteiger partial charge in [-0.2, -0.15) is 16.9 Å². The molecule has 0 aromatic carbocycles. The molecule has 0 saturated heterocycles. The summed E-state index contributed by atoms with van der Waals surface area (Å²) in [6, 6.07) is 0. The second kappa shape index (κ2) is 2.31. The zero-order chi connectivity index (χ0) is 6.97. The molecule has 0 amide bonds. The molecule has 0 bridgehead atoms. The SMILES string of the molecule is Cc1cnn2c1CSCC2. The Bertz CT molecular complexity index is 242. The molecule has 0 fully saturated rings. The number of aryl methyl sites for hydroxylation is 2. The molecule has 0 N–H and O–H groups in total. The quantitative estimate of drug-likeness (QED) is 0.562. The van der Waals surface area contributed by atoms with Gasteiger partial charge in [-0.1, -0.05) is 0 Å². The van der Waals surface area contributed by atoms with Gasteiger partial charge >= 0.3 is 0 Å². The van der Waals surface area contributed by atoms with Crippen LogP contribution in [0.4, 0.5) is 0 Å². The van der Waals surface area contributed by atoms with Crippen LogP contribution in [0.25, 0.3) is 0 Å². The Morgan fingerprint density at radius 1 is 1.70 bits per heavy atom. The van der Waals surface area contributed by atoms with Crippen LogP contribution in [0, 0.1) is 6.92 Å². The van der Waals surface area contributed by atoms with E-state index >= 15 is 0 Å². The van der Waals surface area contributed by atoms with Gasteiger partial charge in [-0.05, 0) is 12.5 Å². The Morgan fingerprint density at radius 3 is 3.40 bits per heavy atom. The number of hydrogen-bond donors (Lipinski definition) is 0. The minimum absolute atomic E-state index is 1.09. The molecule has 10 heavy (non-hydrogen) atoms. The number of rotatable bonds is 0. The van der Waals surface area contributed by atoms with E-state index in [0.29, 0.717) is 0 Å². The molecule has 3 heteroatoms. The van der Waals surface area contributed by atoms with Crippen molar-refractivity contribution in [1.82, 2.24) is 9.78 Å². The predicted octanol–water partition coefficient (Wildman–Crippen LogP) is 1.44. The highest BCUT2D eigenvalue weighted by Crippen LogP contribution is 2.20. The summed E-state index contributed by atoms with van der Waals surface area (Å²) < 4.78 is 2.12. The predicted molar refractivity (Wildman–Crippen MR) is 43.1 cm³/mol. The lowest BCUT2D eigenvalue weighted by molar-refractivity contribution is 0.632. The van der Waals surface area contributed by atoms with Crippen molar-refractivity contribution < 1.29 is 0 Å². The van der Waals surface area contributed by atoms with E-state index in [-0.39, 0.29) is 0 Å². The van der Waals surface area contributed by atoms with Gasteiger partial charge in [0.1, 0.15) is 0 Å². The normalized spacial score (nSPS) is 16.9. The van der Waals surface area contributed by atoms with Crippen LogP contribution in [0.5, 0.6) is 0 Å². The Balaban J connectivity index is 2.45. The number of nitrogens with zero attached hydrogens (tertiary/aromatic N) is 2. The van der Waals surface area contributed by atoms with Crippen molar-refractivity contribution in [2.75, 3.05) is 5.75 Å². The van der Waals surface area contributed by atoms with Crippen LogP contribution in [0.15, 0.2) is 6.20 Å². The Morgan fingerprint density at radius 2 is 2.60 bits per heavy atom. The molecule has 0 saturated carbocycles. The third-order valence-corrected chi connectivity index (χ3v) is 2.79. The summed E-state index contributed by atoms with van der Waals surface area (Å²) in [7, 11) is 0. The van der Waals surface area contributed by atoms with Crippen molar-refractivity contribution in [1.29, 1.82) is 0 Å². The zero-order valence-corrected chi connectivity index (χ0v) is 6.82. The summed E-state index contributed by atoms with van der Waals surface area (Å²) in [6.45, 7) is 3.22. The average Bonchev–Trinajstić information content (AvgIpc) is 2.34. The van der Waals surface area contributed by atoms with Crippen LogP contribution < -0.4 is 0 Å². The van der Waals surface area contributed by atoms with Crippen LogP contribution in [0.1, 0.15) is 11.3 Å². The van der Waals surface area contributed by atoms with Gasteiger partial charge < -0.3 is 0 Å². The maximum atomic E-state index is 4.26. The van der Waals surface area contributed by atoms with Gasteiger partial charge in [0.25, 0.3) is 0 Å². The third-order valence-electron chi connectivity index (χ3n) is 1.84. The summed E-state index contributed by atoms with van der Waals surface area (Å²) >= 11 is 2.00. The molecule has 1 aliphatic heterocycles. The molecule has 2 nitrogen and oxygen atoms in total. The maximum Gasteiger partial charge on any atom is 0.0522 e. The van der Waals surface area contributed by atoms with Crippen LogP contribution >= 0.6 is 11.8 Å². The van der Waals surface area contributed by atoms with Crippen LogP contribution in [-0.2, 0) is 12.3 Å². The van der Waals surface area contributed by atoms with Crippen molar-refractivity contribution in [2.45, 2.75) is 19.2 Å². The summed E-state index contributed by atoms with van der Waals surface area (Å²) in [4.78, 5) is 0. The summed E-state index contributed by atoms with van der Waals surface area (Å²) in [5.74, 6) is 2.36. The van der Waals surface area contributed by atoms with Crippen molar-refractivity contribution in [3.05, 3.63) is 17.5 Å². The van der Waals surface area contributed by atoms with Gasteiger partial charge in [0.2, 0.25) is 0 Å². The van der Waals surface area contributed by atoms with Crippen molar-refractivity contribution in [3.8, 4) is 0 Å². The highest BCUT2D eigenvalue weighted by molar-refractivity contribution is 7.98. The summed E-state index contributed by atoms with van der Waals surface area (Å²) in [5, 5.41) is 4.26. The van der Waals surface area contributed by atoms with Gasteiger partial charge in [-0.3, -0.25) is 4.68 Å². The first kappa shape index (κ1) is 6.28. The van der Waals surface area contributed by atoms with Crippen LogP contribution in [0.3, 0.4) is 0 Å². The molecule has 0 atom stereocenters. The fraction of sp³-hybridized carbons (Fsp3) is 0.571. The lowest BCUT2D eigenvalue weighted by Gasteiger charge is -2.12. The topological polar surface area (TPSA) is 17.8 Å². The second-order valence-corrected chi connectivity index (χ2v) is 3.66. The molecule has 0 spiro atoms. The van der Waals surface area contributed by atoms with E-state index in [1.54, 1.807) is 0 Å². The third kappa shape index (κ3) is 0.850. The zero-order valence-electron chi connectivity index (χ0n) is 6.00. The molecule has 0 unspecified atom stereocenters. The van der Waals surface area contributed by atoms with E-state index in [2.05, 4.69) is 16.7 Å². The minimum Gasteiger partial charge on any atom is -0.268 e. The summed E-state index contributed by atoms with van der Waals surface area (Å²) in [6.07, 6.45) is 1.96. The number of fused-ring (bicyclic) bond motifs is 1. The van der Waals surface area contributed by atoms with E-state index in [0.717, 1.165) is 12.3 Å². The molecular formula is C7H10N2S. The highest BCUT2D eigenvalue weighted by atomic mass is 32.2. The smallest absolute Gasteiger partial charge is 0.0522 e. The first-order chi connectivity index (χ1) is 4.88. The van der Waals surface area contributed by atoms with Gasteiger partial charge in [0.15, 0.2) is 0 Å². The van der Waals surface area contributed by atoms with E-state index in [1.807, 2.05) is 18.0 Å². The molecule has 0 radical (unpaired) electrons. The number of aromatic nitrogens is 2. The first-order valence-electron chi connectivity index (χ1n) is 3.47. The average molecular weight is 154 g/mol. The monoisotopic (exact) mass is 154 g/mol. The van der Waals surface area contributed by atoms with Crippen molar-refractivity contribution in [3.63, 3.8) is 0 Å².